The topological polar surface area (TPSA) is 16.1 Å². The first-order chi connectivity index (χ1) is 10.6. The van der Waals surface area contributed by atoms with E-state index in [1.54, 1.807) is 0 Å². The van der Waals surface area contributed by atoms with Crippen LogP contribution in [0.15, 0.2) is 66.9 Å². The minimum atomic E-state index is 0.740. The number of rotatable bonds is 3. The number of benzene rings is 2. The van der Waals surface area contributed by atoms with Crippen molar-refractivity contribution in [1.82, 2.24) is 4.98 Å². The molecule has 0 saturated heterocycles. The minimum absolute atomic E-state index is 0.740. The lowest BCUT2D eigenvalue weighted by Gasteiger charge is -2.14. The highest BCUT2D eigenvalue weighted by atomic mass is 35.5. The smallest absolute Gasteiger partial charge is 0.0780 e. The van der Waals surface area contributed by atoms with Gasteiger partial charge in [-0.1, -0.05) is 41.9 Å². The summed E-state index contributed by atoms with van der Waals surface area (Å²) in [4.78, 5) is 6.66. The molecular formula is C19H17ClN2. The first-order valence-corrected chi connectivity index (χ1v) is 7.51. The Balaban J connectivity index is 2.06. The van der Waals surface area contributed by atoms with E-state index in [1.807, 2.05) is 50.6 Å². The summed E-state index contributed by atoms with van der Waals surface area (Å²) in [6.45, 7) is 0. The maximum absolute atomic E-state index is 5.98. The maximum Gasteiger partial charge on any atom is 0.0780 e. The van der Waals surface area contributed by atoms with Gasteiger partial charge in [0.25, 0.3) is 0 Å². The van der Waals surface area contributed by atoms with E-state index in [9.17, 15) is 0 Å². The van der Waals surface area contributed by atoms with Crippen molar-refractivity contribution in [3.8, 4) is 22.4 Å². The average Bonchev–Trinajstić information content (AvgIpc) is 2.56. The molecule has 0 spiro atoms. The van der Waals surface area contributed by atoms with Crippen molar-refractivity contribution in [3.05, 3.63) is 71.9 Å². The Morgan fingerprint density at radius 1 is 0.818 bits per heavy atom. The van der Waals surface area contributed by atoms with Gasteiger partial charge in [-0.25, -0.2) is 0 Å². The van der Waals surface area contributed by atoms with E-state index in [2.05, 4.69) is 40.2 Å². The Hall–Kier alpha value is -2.32. The standard InChI is InChI=1S/C19H17ClN2/c1-22(2)17-11-7-15(8-12-17)19-18(4-3-13-21-19)14-5-9-16(20)10-6-14/h3-13H,1-2H3. The third kappa shape index (κ3) is 2.97. The van der Waals surface area contributed by atoms with Crippen LogP contribution in [0.2, 0.25) is 5.02 Å². The number of aromatic nitrogens is 1. The fourth-order valence-electron chi connectivity index (χ4n) is 2.42. The highest BCUT2D eigenvalue weighted by molar-refractivity contribution is 6.30. The molecule has 0 atom stereocenters. The Kier molecular flexibility index (Phi) is 4.12. The average molecular weight is 309 g/mol. The minimum Gasteiger partial charge on any atom is -0.378 e. The second kappa shape index (κ2) is 6.20. The molecule has 3 rings (SSSR count). The lowest BCUT2D eigenvalue weighted by atomic mass is 9.99. The number of halogens is 1. The Labute approximate surface area is 136 Å². The van der Waals surface area contributed by atoms with Crippen LogP contribution in [-0.2, 0) is 0 Å². The van der Waals surface area contributed by atoms with E-state index in [1.165, 1.54) is 5.69 Å². The Bertz CT molecular complexity index is 762. The molecule has 0 N–H and O–H groups in total. The zero-order chi connectivity index (χ0) is 15.5. The first-order valence-electron chi connectivity index (χ1n) is 7.14. The molecule has 0 fully saturated rings. The van der Waals surface area contributed by atoms with Gasteiger partial charge < -0.3 is 4.90 Å². The van der Waals surface area contributed by atoms with Crippen LogP contribution in [-0.4, -0.2) is 19.1 Å². The van der Waals surface area contributed by atoms with Gasteiger partial charge in [0, 0.05) is 42.1 Å². The summed E-state index contributed by atoms with van der Waals surface area (Å²) < 4.78 is 0. The summed E-state index contributed by atoms with van der Waals surface area (Å²) in [5.41, 5.74) is 5.49. The summed E-state index contributed by atoms with van der Waals surface area (Å²) >= 11 is 5.98. The second-order valence-electron chi connectivity index (χ2n) is 5.35. The van der Waals surface area contributed by atoms with Gasteiger partial charge in [0.15, 0.2) is 0 Å². The molecule has 2 nitrogen and oxygen atoms in total. The molecule has 3 heteroatoms. The molecular weight excluding hydrogens is 292 g/mol. The number of nitrogens with zero attached hydrogens (tertiary/aromatic N) is 2. The van der Waals surface area contributed by atoms with Crippen LogP contribution in [0.4, 0.5) is 5.69 Å². The number of anilines is 1. The Morgan fingerprint density at radius 2 is 1.45 bits per heavy atom. The molecule has 22 heavy (non-hydrogen) atoms. The maximum atomic E-state index is 5.98. The van der Waals surface area contributed by atoms with Crippen molar-refractivity contribution in [2.45, 2.75) is 0 Å². The highest BCUT2D eigenvalue weighted by Crippen LogP contribution is 2.31. The molecule has 0 bridgehead atoms. The predicted molar refractivity (Wildman–Crippen MR) is 94.4 cm³/mol. The largest absolute Gasteiger partial charge is 0.378 e. The summed E-state index contributed by atoms with van der Waals surface area (Å²) in [6.07, 6.45) is 1.83. The molecule has 0 unspecified atom stereocenters. The van der Waals surface area contributed by atoms with E-state index in [0.717, 1.165) is 27.4 Å². The highest BCUT2D eigenvalue weighted by Gasteiger charge is 2.08. The number of hydrogen-bond acceptors (Lipinski definition) is 2. The van der Waals surface area contributed by atoms with E-state index in [4.69, 9.17) is 11.6 Å². The van der Waals surface area contributed by atoms with Crippen molar-refractivity contribution in [1.29, 1.82) is 0 Å². The lowest BCUT2D eigenvalue weighted by molar-refractivity contribution is 1.13. The summed E-state index contributed by atoms with van der Waals surface area (Å²) in [6, 6.07) is 20.3. The zero-order valence-electron chi connectivity index (χ0n) is 12.6. The molecule has 110 valence electrons. The van der Waals surface area contributed by atoms with Crippen molar-refractivity contribution in [2.75, 3.05) is 19.0 Å². The zero-order valence-corrected chi connectivity index (χ0v) is 13.4. The molecule has 0 aliphatic rings. The monoisotopic (exact) mass is 308 g/mol. The first kappa shape index (κ1) is 14.6. The van der Waals surface area contributed by atoms with Gasteiger partial charge in [-0.3, -0.25) is 4.98 Å². The molecule has 0 amide bonds. The molecule has 0 aliphatic heterocycles. The predicted octanol–water partition coefficient (Wildman–Crippen LogP) is 5.14. The van der Waals surface area contributed by atoms with Gasteiger partial charge >= 0.3 is 0 Å². The van der Waals surface area contributed by atoms with E-state index < -0.39 is 0 Å². The molecule has 1 heterocycles. The molecule has 0 aliphatic carbocycles. The van der Waals surface area contributed by atoms with Gasteiger partial charge in [-0.2, -0.15) is 0 Å². The van der Waals surface area contributed by atoms with Crippen molar-refractivity contribution >= 4 is 17.3 Å². The van der Waals surface area contributed by atoms with Crippen molar-refractivity contribution in [2.24, 2.45) is 0 Å². The van der Waals surface area contributed by atoms with E-state index in [0.29, 0.717) is 0 Å². The summed E-state index contributed by atoms with van der Waals surface area (Å²) in [7, 11) is 4.07. The van der Waals surface area contributed by atoms with Crippen LogP contribution in [0.5, 0.6) is 0 Å². The van der Waals surface area contributed by atoms with Crippen LogP contribution in [0, 0.1) is 0 Å². The van der Waals surface area contributed by atoms with Crippen molar-refractivity contribution < 1.29 is 0 Å². The Morgan fingerprint density at radius 3 is 2.09 bits per heavy atom. The third-order valence-electron chi connectivity index (χ3n) is 3.62. The normalized spacial score (nSPS) is 10.5. The summed E-state index contributed by atoms with van der Waals surface area (Å²) in [5, 5.41) is 0.740. The quantitative estimate of drug-likeness (QED) is 0.666. The number of hydrogen-bond donors (Lipinski definition) is 0. The fourth-order valence-corrected chi connectivity index (χ4v) is 2.54. The SMILES string of the molecule is CN(C)c1ccc(-c2ncccc2-c2ccc(Cl)cc2)cc1. The second-order valence-corrected chi connectivity index (χ2v) is 5.78. The van der Waals surface area contributed by atoms with Gasteiger partial charge in [-0.05, 0) is 35.9 Å². The molecule has 1 aromatic heterocycles. The molecule has 2 aromatic carbocycles. The van der Waals surface area contributed by atoms with Crippen LogP contribution in [0.25, 0.3) is 22.4 Å². The van der Waals surface area contributed by atoms with E-state index in [-0.39, 0.29) is 0 Å². The van der Waals surface area contributed by atoms with Gasteiger partial charge in [-0.15, -0.1) is 0 Å². The van der Waals surface area contributed by atoms with Crippen molar-refractivity contribution in [3.63, 3.8) is 0 Å². The molecule has 0 saturated carbocycles. The summed E-state index contributed by atoms with van der Waals surface area (Å²) in [5.74, 6) is 0. The lowest BCUT2D eigenvalue weighted by Crippen LogP contribution is -2.07. The van der Waals surface area contributed by atoms with Gasteiger partial charge in [0.1, 0.15) is 0 Å². The van der Waals surface area contributed by atoms with Crippen LogP contribution < -0.4 is 4.90 Å². The van der Waals surface area contributed by atoms with Crippen LogP contribution >= 0.6 is 11.6 Å². The third-order valence-corrected chi connectivity index (χ3v) is 3.87. The molecule has 0 radical (unpaired) electrons. The van der Waals surface area contributed by atoms with Gasteiger partial charge in [0.05, 0.1) is 5.69 Å². The van der Waals surface area contributed by atoms with E-state index >= 15 is 0 Å². The molecule has 3 aromatic rings. The number of pyridine rings is 1. The van der Waals surface area contributed by atoms with Gasteiger partial charge in [0.2, 0.25) is 0 Å². The fraction of sp³-hybridized carbons (Fsp3) is 0.105. The van der Waals surface area contributed by atoms with Crippen LogP contribution in [0.1, 0.15) is 0 Å². The van der Waals surface area contributed by atoms with Crippen LogP contribution in [0.3, 0.4) is 0 Å².